The van der Waals surface area contributed by atoms with Crippen LogP contribution in [0.4, 0.5) is 5.69 Å². The molecule has 2 aliphatic rings. The molecule has 2 heterocycles. The molecule has 1 unspecified atom stereocenters. The van der Waals surface area contributed by atoms with Crippen LogP contribution in [-0.2, 0) is 19.9 Å². The van der Waals surface area contributed by atoms with Crippen LogP contribution in [0.3, 0.4) is 0 Å². The van der Waals surface area contributed by atoms with Crippen LogP contribution in [0.25, 0.3) is 0 Å². The molecule has 0 saturated carbocycles. The fourth-order valence-electron chi connectivity index (χ4n) is 3.57. The van der Waals surface area contributed by atoms with E-state index in [1.54, 1.807) is 19.2 Å². The monoisotopic (exact) mass is 466 g/mol. The van der Waals surface area contributed by atoms with Crippen molar-refractivity contribution in [3.63, 3.8) is 0 Å². The summed E-state index contributed by atoms with van der Waals surface area (Å²) in [4.78, 5) is 14.2. The maximum atomic E-state index is 12.8. The number of anilines is 1. The minimum absolute atomic E-state index is 0.00163. The van der Waals surface area contributed by atoms with Gasteiger partial charge in [0.05, 0.1) is 16.4 Å². The molecule has 1 N–H and O–H groups in total. The molecular weight excluding hydrogens is 444 g/mol. The van der Waals surface area contributed by atoms with Crippen LogP contribution in [0.2, 0.25) is 0 Å². The highest BCUT2D eigenvalue weighted by Crippen LogP contribution is 2.32. The van der Waals surface area contributed by atoms with Gasteiger partial charge in [0.1, 0.15) is 13.2 Å². The third-order valence-corrected chi connectivity index (χ3v) is 8.39. The number of rotatable bonds is 5. The van der Waals surface area contributed by atoms with E-state index in [0.717, 1.165) is 0 Å². The van der Waals surface area contributed by atoms with Gasteiger partial charge in [-0.05, 0) is 36.8 Å². The molecule has 1 amide bonds. The SMILES string of the molecule is CN(C(=O)c1cccc(NS(=O)(=O)c2ccc3c(c2)OCCO3)c1)C1CCS(=O)(=O)C1. The Bertz CT molecular complexity index is 1230. The van der Waals surface area contributed by atoms with Gasteiger partial charge in [0.2, 0.25) is 0 Å². The van der Waals surface area contributed by atoms with Gasteiger partial charge in [-0.2, -0.15) is 0 Å². The van der Waals surface area contributed by atoms with E-state index in [0.29, 0.717) is 31.1 Å². The standard InChI is InChI=1S/C20H22N2O7S2/c1-22(16-7-10-30(24,25)13-16)20(23)14-3-2-4-15(11-14)21-31(26,27)17-5-6-18-19(12-17)29-9-8-28-18/h2-6,11-12,16,21H,7-10,13H2,1H3. The van der Waals surface area contributed by atoms with Crippen molar-refractivity contribution in [2.75, 3.05) is 36.5 Å². The summed E-state index contributed by atoms with van der Waals surface area (Å²) in [6.07, 6.45) is 0.390. The molecule has 11 heteroatoms. The number of sulfonamides is 1. The van der Waals surface area contributed by atoms with Gasteiger partial charge in [0.15, 0.2) is 21.3 Å². The van der Waals surface area contributed by atoms with Crippen LogP contribution in [0.5, 0.6) is 11.5 Å². The van der Waals surface area contributed by atoms with Crippen LogP contribution in [-0.4, -0.2) is 65.5 Å². The van der Waals surface area contributed by atoms with Crippen LogP contribution in [0, 0.1) is 0 Å². The molecule has 0 aliphatic carbocycles. The molecule has 0 aromatic heterocycles. The number of nitrogens with one attached hydrogen (secondary N) is 1. The summed E-state index contributed by atoms with van der Waals surface area (Å²) in [6, 6.07) is 10.0. The lowest BCUT2D eigenvalue weighted by atomic mass is 10.1. The van der Waals surface area contributed by atoms with Crippen LogP contribution >= 0.6 is 0 Å². The first-order valence-electron chi connectivity index (χ1n) is 9.65. The Morgan fingerprint density at radius 3 is 2.55 bits per heavy atom. The van der Waals surface area contributed by atoms with Crippen molar-refractivity contribution in [2.45, 2.75) is 17.4 Å². The fourth-order valence-corrected chi connectivity index (χ4v) is 6.41. The maximum Gasteiger partial charge on any atom is 0.262 e. The number of nitrogens with zero attached hydrogens (tertiary/aromatic N) is 1. The minimum Gasteiger partial charge on any atom is -0.486 e. The van der Waals surface area contributed by atoms with Crippen molar-refractivity contribution in [3.8, 4) is 11.5 Å². The van der Waals surface area contributed by atoms with E-state index in [2.05, 4.69) is 4.72 Å². The van der Waals surface area contributed by atoms with Crippen LogP contribution in [0.1, 0.15) is 16.8 Å². The van der Waals surface area contributed by atoms with Crippen LogP contribution < -0.4 is 14.2 Å². The Hall–Kier alpha value is -2.79. The second-order valence-corrected chi connectivity index (χ2v) is 11.4. The second kappa shape index (κ2) is 8.04. The van der Waals surface area contributed by atoms with E-state index in [1.807, 2.05) is 0 Å². The number of carbonyl (C=O) groups is 1. The fraction of sp³-hybridized carbons (Fsp3) is 0.350. The van der Waals surface area contributed by atoms with E-state index in [-0.39, 0.29) is 33.6 Å². The minimum atomic E-state index is -3.93. The molecule has 9 nitrogen and oxygen atoms in total. The zero-order valence-corrected chi connectivity index (χ0v) is 18.4. The molecule has 2 aliphatic heterocycles. The van der Waals surface area contributed by atoms with E-state index in [1.165, 1.54) is 35.2 Å². The Morgan fingerprint density at radius 1 is 1.10 bits per heavy atom. The Balaban J connectivity index is 1.52. The number of ether oxygens (including phenoxy) is 2. The predicted molar refractivity (Wildman–Crippen MR) is 114 cm³/mol. The normalized spacial score (nSPS) is 19.6. The molecule has 0 bridgehead atoms. The lowest BCUT2D eigenvalue weighted by Crippen LogP contribution is -2.37. The first-order valence-corrected chi connectivity index (χ1v) is 13.0. The third kappa shape index (κ3) is 4.62. The average Bonchev–Trinajstić information content (AvgIpc) is 3.12. The second-order valence-electron chi connectivity index (χ2n) is 7.46. The summed E-state index contributed by atoms with van der Waals surface area (Å²) in [6.45, 7) is 0.739. The molecular formula is C20H22N2O7S2. The molecule has 31 heavy (non-hydrogen) atoms. The van der Waals surface area contributed by atoms with Gasteiger partial charge in [0.25, 0.3) is 15.9 Å². The van der Waals surface area contributed by atoms with Crippen molar-refractivity contribution in [1.82, 2.24) is 4.90 Å². The number of fused-ring (bicyclic) bond motifs is 1. The van der Waals surface area contributed by atoms with Gasteiger partial charge in [-0.3, -0.25) is 9.52 Å². The summed E-state index contributed by atoms with van der Waals surface area (Å²) >= 11 is 0. The van der Waals surface area contributed by atoms with Gasteiger partial charge < -0.3 is 14.4 Å². The topological polar surface area (TPSA) is 119 Å². The van der Waals surface area contributed by atoms with Gasteiger partial charge in [0, 0.05) is 30.4 Å². The number of hydrogen-bond donors (Lipinski definition) is 1. The lowest BCUT2D eigenvalue weighted by molar-refractivity contribution is 0.0747. The summed E-state index contributed by atoms with van der Waals surface area (Å²) in [5.41, 5.74) is 0.474. The third-order valence-electron chi connectivity index (χ3n) is 5.26. The van der Waals surface area contributed by atoms with Gasteiger partial charge >= 0.3 is 0 Å². The molecule has 0 spiro atoms. The molecule has 166 valence electrons. The lowest BCUT2D eigenvalue weighted by Gasteiger charge is -2.23. The Morgan fingerprint density at radius 2 is 1.84 bits per heavy atom. The number of sulfone groups is 1. The maximum absolute atomic E-state index is 12.8. The van der Waals surface area contributed by atoms with Crippen molar-refractivity contribution < 1.29 is 31.1 Å². The van der Waals surface area contributed by atoms with E-state index >= 15 is 0 Å². The van der Waals surface area contributed by atoms with E-state index in [9.17, 15) is 21.6 Å². The van der Waals surface area contributed by atoms with Crippen molar-refractivity contribution in [1.29, 1.82) is 0 Å². The number of hydrogen-bond acceptors (Lipinski definition) is 7. The zero-order valence-electron chi connectivity index (χ0n) is 16.8. The average molecular weight is 467 g/mol. The predicted octanol–water partition coefficient (Wildman–Crippen LogP) is 1.52. The highest BCUT2D eigenvalue weighted by atomic mass is 32.2. The van der Waals surface area contributed by atoms with Crippen molar-refractivity contribution in [2.24, 2.45) is 0 Å². The van der Waals surface area contributed by atoms with Crippen molar-refractivity contribution in [3.05, 3.63) is 48.0 Å². The number of benzene rings is 2. The molecule has 1 atom stereocenters. The largest absolute Gasteiger partial charge is 0.486 e. The first-order chi connectivity index (χ1) is 14.6. The first kappa shape index (κ1) is 21.4. The highest BCUT2D eigenvalue weighted by Gasteiger charge is 2.33. The summed E-state index contributed by atoms with van der Waals surface area (Å²) in [5, 5.41) is 0. The molecule has 2 aromatic carbocycles. The molecule has 1 fully saturated rings. The number of carbonyl (C=O) groups excluding carboxylic acids is 1. The smallest absolute Gasteiger partial charge is 0.262 e. The summed E-state index contributed by atoms with van der Waals surface area (Å²) < 4.78 is 62.4. The van der Waals surface area contributed by atoms with Crippen molar-refractivity contribution >= 4 is 31.5 Å². The summed E-state index contributed by atoms with van der Waals surface area (Å²) in [5.74, 6) is 0.458. The van der Waals surface area contributed by atoms with Gasteiger partial charge in [-0.15, -0.1) is 0 Å². The van der Waals surface area contributed by atoms with Gasteiger partial charge in [-0.1, -0.05) is 6.07 Å². The van der Waals surface area contributed by atoms with Gasteiger partial charge in [-0.25, -0.2) is 16.8 Å². The Labute approximate surface area is 180 Å². The zero-order chi connectivity index (χ0) is 22.2. The quantitative estimate of drug-likeness (QED) is 0.709. The molecule has 0 radical (unpaired) electrons. The highest BCUT2D eigenvalue weighted by molar-refractivity contribution is 7.92. The van der Waals surface area contributed by atoms with Crippen LogP contribution in [0.15, 0.2) is 47.4 Å². The van der Waals surface area contributed by atoms with E-state index < -0.39 is 25.9 Å². The molecule has 4 rings (SSSR count). The van der Waals surface area contributed by atoms with E-state index in [4.69, 9.17) is 9.47 Å². The Kier molecular flexibility index (Phi) is 5.56. The molecule has 1 saturated heterocycles. The summed E-state index contributed by atoms with van der Waals surface area (Å²) in [7, 11) is -5.51. The molecule has 2 aromatic rings. The number of amides is 1.